The zero-order chi connectivity index (χ0) is 26.1. The smallest absolute Gasteiger partial charge is 0.322 e. The van der Waals surface area contributed by atoms with Gasteiger partial charge < -0.3 is 4.90 Å². The first-order valence-corrected chi connectivity index (χ1v) is 12.1. The van der Waals surface area contributed by atoms with Crippen molar-refractivity contribution in [3.05, 3.63) is 59.2 Å². The van der Waals surface area contributed by atoms with Crippen LogP contribution in [-0.4, -0.2) is 54.0 Å². The van der Waals surface area contributed by atoms with Crippen LogP contribution < -0.4 is 15.1 Å². The molecule has 2 aromatic carbocycles. The SMILES string of the molecule is O=C1CCC(N2Cc3cc(N4CCN(c5ccc(C6(C(F)(F)F)CC6)cc5)C4=O)ccc3C2=O)C(=O)N1. The molecule has 1 aliphatic carbocycles. The number of imide groups is 1. The predicted molar refractivity (Wildman–Crippen MR) is 126 cm³/mol. The topological polar surface area (TPSA) is 90.0 Å². The first-order chi connectivity index (χ1) is 17.6. The number of hydrogen-bond donors (Lipinski definition) is 1. The molecule has 1 saturated carbocycles. The normalized spacial score (nSPS) is 23.0. The van der Waals surface area contributed by atoms with Crippen LogP contribution in [0.1, 0.15) is 47.2 Å². The lowest BCUT2D eigenvalue weighted by atomic mass is 9.95. The second kappa shape index (κ2) is 8.06. The van der Waals surface area contributed by atoms with Gasteiger partial charge in [0.1, 0.15) is 6.04 Å². The van der Waals surface area contributed by atoms with E-state index in [4.69, 9.17) is 0 Å². The molecule has 3 heterocycles. The quantitative estimate of drug-likeness (QED) is 0.636. The molecule has 0 aromatic heterocycles. The minimum atomic E-state index is -4.29. The lowest BCUT2D eigenvalue weighted by Gasteiger charge is -2.29. The number of hydrogen-bond acceptors (Lipinski definition) is 4. The summed E-state index contributed by atoms with van der Waals surface area (Å²) in [7, 11) is 0. The van der Waals surface area contributed by atoms with Crippen molar-refractivity contribution < 1.29 is 32.3 Å². The van der Waals surface area contributed by atoms with Gasteiger partial charge in [-0.1, -0.05) is 12.1 Å². The molecule has 5 amide bonds. The second-order valence-corrected chi connectivity index (χ2v) is 9.95. The van der Waals surface area contributed by atoms with E-state index in [2.05, 4.69) is 5.32 Å². The van der Waals surface area contributed by atoms with Gasteiger partial charge in [-0.2, -0.15) is 13.2 Å². The molecule has 6 rings (SSSR count). The van der Waals surface area contributed by atoms with E-state index in [0.29, 0.717) is 35.6 Å². The van der Waals surface area contributed by atoms with E-state index in [1.165, 1.54) is 21.9 Å². The first kappa shape index (κ1) is 23.5. The fraction of sp³-hybridized carbons (Fsp3) is 0.385. The third kappa shape index (κ3) is 3.67. The van der Waals surface area contributed by atoms with Gasteiger partial charge in [0.05, 0.1) is 5.41 Å². The van der Waals surface area contributed by atoms with Crippen LogP contribution >= 0.6 is 0 Å². The molecule has 3 aliphatic heterocycles. The Morgan fingerprint density at radius 3 is 2.16 bits per heavy atom. The van der Waals surface area contributed by atoms with Gasteiger partial charge in [-0.25, -0.2) is 4.79 Å². The summed E-state index contributed by atoms with van der Waals surface area (Å²) in [6.07, 6.45) is -3.71. The highest BCUT2D eigenvalue weighted by Crippen LogP contribution is 2.59. The van der Waals surface area contributed by atoms with Crippen LogP contribution in [-0.2, 0) is 21.5 Å². The predicted octanol–water partition coefficient (Wildman–Crippen LogP) is 3.49. The molecular formula is C26H23F3N4O4. The Morgan fingerprint density at radius 1 is 0.892 bits per heavy atom. The molecule has 8 nitrogen and oxygen atoms in total. The molecule has 37 heavy (non-hydrogen) atoms. The van der Waals surface area contributed by atoms with Gasteiger partial charge >= 0.3 is 12.2 Å². The van der Waals surface area contributed by atoms with Crippen LogP contribution in [0.5, 0.6) is 0 Å². The lowest BCUT2D eigenvalue weighted by Crippen LogP contribution is -2.52. The maximum atomic E-state index is 13.4. The van der Waals surface area contributed by atoms with Crippen molar-refractivity contribution in [1.29, 1.82) is 0 Å². The zero-order valence-electron chi connectivity index (χ0n) is 19.7. The van der Waals surface area contributed by atoms with E-state index in [0.717, 1.165) is 0 Å². The van der Waals surface area contributed by atoms with Gasteiger partial charge in [0.25, 0.3) is 5.91 Å². The van der Waals surface area contributed by atoms with E-state index in [9.17, 15) is 32.3 Å². The van der Waals surface area contributed by atoms with Crippen LogP contribution in [0.3, 0.4) is 0 Å². The van der Waals surface area contributed by atoms with Crippen molar-refractivity contribution in [2.24, 2.45) is 0 Å². The van der Waals surface area contributed by atoms with Gasteiger partial charge in [0, 0.05) is 43.0 Å². The van der Waals surface area contributed by atoms with Gasteiger partial charge in [-0.05, 0) is 60.7 Å². The number of halogens is 3. The van der Waals surface area contributed by atoms with E-state index < -0.39 is 23.5 Å². The van der Waals surface area contributed by atoms with E-state index in [1.54, 1.807) is 35.2 Å². The molecule has 2 saturated heterocycles. The molecule has 0 radical (unpaired) electrons. The van der Waals surface area contributed by atoms with Gasteiger partial charge in [0.15, 0.2) is 0 Å². The molecule has 1 atom stereocenters. The number of carbonyl (C=O) groups is 4. The van der Waals surface area contributed by atoms with Crippen molar-refractivity contribution in [2.45, 2.75) is 49.9 Å². The molecule has 2 aromatic rings. The average Bonchev–Trinajstić information content (AvgIpc) is 3.51. The maximum Gasteiger partial charge on any atom is 0.398 e. The Labute approximate surface area is 210 Å². The highest BCUT2D eigenvalue weighted by atomic mass is 19.4. The van der Waals surface area contributed by atoms with Crippen molar-refractivity contribution in [2.75, 3.05) is 22.9 Å². The maximum absolute atomic E-state index is 13.4. The largest absolute Gasteiger partial charge is 0.398 e. The number of urea groups is 1. The van der Waals surface area contributed by atoms with Gasteiger partial charge in [-0.3, -0.25) is 29.5 Å². The standard InChI is InChI=1S/C26H23F3N4O4/c27-26(28,29)25(9-10-25)16-1-3-17(4-2-16)31-11-12-32(24(31)37)18-5-6-19-15(13-18)14-33(23(19)36)20-7-8-21(34)30-22(20)35/h1-6,13,20H,7-12,14H2,(H,30,34,35). The molecule has 3 fully saturated rings. The molecule has 1 N–H and O–H groups in total. The monoisotopic (exact) mass is 512 g/mol. The number of rotatable bonds is 4. The number of piperidine rings is 1. The van der Waals surface area contributed by atoms with E-state index >= 15 is 0 Å². The number of benzene rings is 2. The lowest BCUT2D eigenvalue weighted by molar-refractivity contribution is -0.160. The third-order valence-corrected chi connectivity index (χ3v) is 7.85. The summed E-state index contributed by atoms with van der Waals surface area (Å²) >= 11 is 0. The molecule has 1 unspecified atom stereocenters. The Balaban J connectivity index is 1.18. The van der Waals surface area contributed by atoms with Gasteiger partial charge in [0.2, 0.25) is 11.8 Å². The molecule has 4 aliphatic rings. The fourth-order valence-electron chi connectivity index (χ4n) is 5.57. The number of nitrogens with one attached hydrogen (secondary N) is 1. The van der Waals surface area contributed by atoms with Crippen molar-refractivity contribution in [3.8, 4) is 0 Å². The summed E-state index contributed by atoms with van der Waals surface area (Å²) < 4.78 is 40.3. The summed E-state index contributed by atoms with van der Waals surface area (Å²) in [4.78, 5) is 54.4. The molecule has 0 spiro atoms. The summed E-state index contributed by atoms with van der Waals surface area (Å²) in [5, 5.41) is 2.27. The van der Waals surface area contributed by atoms with Crippen LogP contribution in [0.4, 0.5) is 29.3 Å². The number of fused-ring (bicyclic) bond motifs is 1. The summed E-state index contributed by atoms with van der Waals surface area (Å²) in [5.74, 6) is -1.14. The average molecular weight is 512 g/mol. The van der Waals surface area contributed by atoms with Crippen LogP contribution in [0.25, 0.3) is 0 Å². The zero-order valence-corrected chi connectivity index (χ0v) is 19.7. The van der Waals surface area contributed by atoms with Crippen molar-refractivity contribution in [1.82, 2.24) is 10.2 Å². The van der Waals surface area contributed by atoms with E-state index in [-0.39, 0.29) is 55.6 Å². The summed E-state index contributed by atoms with van der Waals surface area (Å²) in [5.41, 5.74) is 0.701. The molecular weight excluding hydrogens is 489 g/mol. The number of anilines is 2. The molecule has 11 heteroatoms. The minimum absolute atomic E-state index is 0.0775. The number of alkyl halides is 3. The Hall–Kier alpha value is -3.89. The number of carbonyl (C=O) groups excluding carboxylic acids is 4. The summed E-state index contributed by atoms with van der Waals surface area (Å²) in [6, 6.07) is 10.1. The third-order valence-electron chi connectivity index (χ3n) is 7.85. The fourth-order valence-corrected chi connectivity index (χ4v) is 5.57. The van der Waals surface area contributed by atoms with E-state index in [1.807, 2.05) is 0 Å². The molecule has 0 bridgehead atoms. The van der Waals surface area contributed by atoms with Gasteiger partial charge in [-0.15, -0.1) is 0 Å². The first-order valence-electron chi connectivity index (χ1n) is 12.1. The number of nitrogens with zero attached hydrogens (tertiary/aromatic N) is 3. The molecule has 192 valence electrons. The minimum Gasteiger partial charge on any atom is -0.322 e. The van der Waals surface area contributed by atoms with Crippen molar-refractivity contribution >= 4 is 35.1 Å². The Bertz CT molecular complexity index is 1340. The Kier molecular flexibility index (Phi) is 5.12. The summed E-state index contributed by atoms with van der Waals surface area (Å²) in [6.45, 7) is 0.931. The van der Waals surface area contributed by atoms with Crippen molar-refractivity contribution in [3.63, 3.8) is 0 Å². The van der Waals surface area contributed by atoms with Crippen LogP contribution in [0.2, 0.25) is 0 Å². The van der Waals surface area contributed by atoms with Crippen LogP contribution in [0.15, 0.2) is 42.5 Å². The second-order valence-electron chi connectivity index (χ2n) is 9.95. The highest BCUT2D eigenvalue weighted by Gasteiger charge is 2.64. The Morgan fingerprint density at radius 2 is 1.54 bits per heavy atom. The number of amides is 5. The highest BCUT2D eigenvalue weighted by molar-refractivity contribution is 6.08. The van der Waals surface area contributed by atoms with Crippen LogP contribution in [0, 0.1) is 0 Å².